The number of piperazine rings is 1. The van der Waals surface area contributed by atoms with E-state index in [4.69, 9.17) is 4.74 Å². The lowest BCUT2D eigenvalue weighted by Gasteiger charge is -2.34. The number of aryl methyl sites for hydroxylation is 1. The first-order valence-electron chi connectivity index (χ1n) is 12.8. The van der Waals surface area contributed by atoms with Crippen LogP contribution in [-0.2, 0) is 4.79 Å². The number of rotatable bonds is 11. The molecule has 0 spiro atoms. The summed E-state index contributed by atoms with van der Waals surface area (Å²) in [6, 6.07) is 3.11. The van der Waals surface area contributed by atoms with Crippen molar-refractivity contribution in [3.05, 3.63) is 35.5 Å². The third kappa shape index (κ3) is 10.5. The summed E-state index contributed by atoms with van der Waals surface area (Å²) in [5.74, 6) is -3.29. The highest BCUT2D eigenvalue weighted by Gasteiger charge is 2.32. The molecule has 0 atom stereocenters. The summed E-state index contributed by atoms with van der Waals surface area (Å²) in [6.07, 6.45) is -9.50. The number of H-pyrrole nitrogens is 1. The molecule has 1 amide bonds. The maximum atomic E-state index is 13.4. The van der Waals surface area contributed by atoms with Crippen LogP contribution in [-0.4, -0.2) is 101 Å². The van der Waals surface area contributed by atoms with Gasteiger partial charge in [0.2, 0.25) is 11.8 Å². The number of alkyl halides is 6. The molecule has 1 aromatic carbocycles. The lowest BCUT2D eigenvalue weighted by atomic mass is 10.3. The molecule has 2 aromatic heterocycles. The number of benzene rings is 1. The number of aromatic nitrogens is 3. The molecular formula is C25H27ClF8N6O3S. The molecule has 244 valence electrons. The zero-order valence-electron chi connectivity index (χ0n) is 22.9. The molecule has 4 rings (SSSR count). The summed E-state index contributed by atoms with van der Waals surface area (Å²) in [4.78, 5) is 27.7. The number of halogens is 9. The van der Waals surface area contributed by atoms with Gasteiger partial charge in [-0.1, -0.05) is 11.8 Å². The molecule has 9 nitrogen and oxygen atoms in total. The largest absolute Gasteiger partial charge is 0.482 e. The number of carbonyl (C=O) groups excluding carboxylic acids is 1. The van der Waals surface area contributed by atoms with Crippen LogP contribution in [0.5, 0.6) is 11.6 Å². The smallest absolute Gasteiger partial charge is 0.422 e. The standard InChI is InChI=1S/C25H26F8N6O3S.ClH/c1-14-8-19(41-12-24(28,29)30)21(22(34-14)42-13-25(31,32)33)37-20(40)11-39-4-2-38(3-5-39)6-7-43-23-35-17-9-15(26)16(27)10-18(17)36-23;/h8-10H,2-7,11-13H2,1H3,(H,35,36)(H,37,40);1H. The van der Waals surface area contributed by atoms with E-state index in [2.05, 4.69) is 29.9 Å². The molecule has 1 fully saturated rings. The molecule has 44 heavy (non-hydrogen) atoms. The number of hydrogen-bond acceptors (Lipinski definition) is 8. The Balaban J connectivity index is 0.00000529. The highest BCUT2D eigenvalue weighted by Crippen LogP contribution is 2.36. The first kappa shape index (κ1) is 35.4. The molecule has 2 N–H and O–H groups in total. The van der Waals surface area contributed by atoms with Gasteiger partial charge in [-0.15, -0.1) is 12.4 Å². The maximum Gasteiger partial charge on any atom is 0.422 e. The number of anilines is 1. The number of hydrogen-bond donors (Lipinski definition) is 2. The summed E-state index contributed by atoms with van der Waals surface area (Å²) < 4.78 is 113. The van der Waals surface area contributed by atoms with Crippen molar-refractivity contribution in [2.45, 2.75) is 24.4 Å². The normalized spacial score (nSPS) is 14.8. The third-order valence-electron chi connectivity index (χ3n) is 6.09. The van der Waals surface area contributed by atoms with E-state index in [1.165, 1.54) is 18.7 Å². The Morgan fingerprint density at radius 3 is 2.23 bits per heavy atom. The molecule has 0 aliphatic carbocycles. The lowest BCUT2D eigenvalue weighted by molar-refractivity contribution is -0.154. The van der Waals surface area contributed by atoms with Gasteiger partial charge in [0, 0.05) is 62.4 Å². The van der Waals surface area contributed by atoms with Crippen molar-refractivity contribution in [3.63, 3.8) is 0 Å². The van der Waals surface area contributed by atoms with E-state index in [9.17, 15) is 39.9 Å². The minimum Gasteiger partial charge on any atom is -0.482 e. The SMILES string of the molecule is Cc1cc(OCC(F)(F)F)c(NC(=O)CN2CCN(CCSc3nc4cc(F)c(F)cc4[nH]3)CC2)c(OCC(F)(F)F)n1.Cl. The van der Waals surface area contributed by atoms with Crippen molar-refractivity contribution < 1.29 is 49.4 Å². The molecule has 1 saturated heterocycles. The molecule has 3 aromatic rings. The number of imidazole rings is 1. The van der Waals surface area contributed by atoms with Gasteiger partial charge in [-0.2, -0.15) is 26.3 Å². The van der Waals surface area contributed by atoms with Gasteiger partial charge in [-0.3, -0.25) is 14.6 Å². The topological polar surface area (TPSA) is 95.6 Å². The van der Waals surface area contributed by atoms with E-state index in [0.717, 1.165) is 18.2 Å². The number of fused-ring (bicyclic) bond motifs is 1. The van der Waals surface area contributed by atoms with E-state index in [0.29, 0.717) is 54.7 Å². The molecule has 1 aliphatic heterocycles. The van der Waals surface area contributed by atoms with Gasteiger partial charge in [0.05, 0.1) is 17.6 Å². The number of ether oxygens (including phenoxy) is 2. The van der Waals surface area contributed by atoms with Crippen LogP contribution in [0.1, 0.15) is 5.69 Å². The third-order valence-corrected chi connectivity index (χ3v) is 6.94. The van der Waals surface area contributed by atoms with E-state index >= 15 is 0 Å². The number of pyridine rings is 1. The minimum atomic E-state index is -4.76. The highest BCUT2D eigenvalue weighted by molar-refractivity contribution is 7.99. The second-order valence-corrected chi connectivity index (χ2v) is 10.7. The quantitative estimate of drug-likeness (QED) is 0.211. The average molecular weight is 679 g/mol. The van der Waals surface area contributed by atoms with Gasteiger partial charge < -0.3 is 19.8 Å². The Morgan fingerprint density at radius 2 is 1.57 bits per heavy atom. The van der Waals surface area contributed by atoms with Crippen molar-refractivity contribution in [1.82, 2.24) is 24.8 Å². The zero-order chi connectivity index (χ0) is 31.4. The number of carbonyl (C=O) groups is 1. The monoisotopic (exact) mass is 678 g/mol. The fourth-order valence-electron chi connectivity index (χ4n) is 4.13. The van der Waals surface area contributed by atoms with E-state index in [-0.39, 0.29) is 24.6 Å². The van der Waals surface area contributed by atoms with E-state index < -0.39 is 60.4 Å². The summed E-state index contributed by atoms with van der Waals surface area (Å²) in [6.45, 7) is 0.338. The van der Waals surface area contributed by atoms with Crippen molar-refractivity contribution in [2.75, 3.05) is 63.6 Å². The number of thioether (sulfide) groups is 1. The molecule has 19 heteroatoms. The van der Waals surface area contributed by atoms with Crippen LogP contribution >= 0.6 is 24.2 Å². The van der Waals surface area contributed by atoms with Crippen molar-refractivity contribution in [2.24, 2.45) is 0 Å². The Labute approximate surface area is 256 Å². The van der Waals surface area contributed by atoms with Gasteiger partial charge in [-0.05, 0) is 6.92 Å². The van der Waals surface area contributed by atoms with Crippen LogP contribution in [0, 0.1) is 18.6 Å². The number of aromatic amines is 1. The van der Waals surface area contributed by atoms with Crippen LogP contribution in [0.3, 0.4) is 0 Å². The van der Waals surface area contributed by atoms with Crippen molar-refractivity contribution >= 4 is 46.8 Å². The number of nitrogens with one attached hydrogen (secondary N) is 2. The van der Waals surface area contributed by atoms with Crippen LogP contribution in [0.25, 0.3) is 11.0 Å². The molecule has 0 unspecified atom stereocenters. The lowest BCUT2D eigenvalue weighted by Crippen LogP contribution is -2.49. The van der Waals surface area contributed by atoms with Gasteiger partial charge >= 0.3 is 12.4 Å². The Kier molecular flexibility index (Phi) is 11.9. The highest BCUT2D eigenvalue weighted by atomic mass is 35.5. The minimum absolute atomic E-state index is 0. The Morgan fingerprint density at radius 1 is 0.955 bits per heavy atom. The average Bonchev–Trinajstić information content (AvgIpc) is 3.29. The van der Waals surface area contributed by atoms with Gasteiger partial charge in [0.25, 0.3) is 0 Å². The predicted molar refractivity (Wildman–Crippen MR) is 148 cm³/mol. The summed E-state index contributed by atoms with van der Waals surface area (Å²) in [5, 5.41) is 2.82. The van der Waals surface area contributed by atoms with Crippen molar-refractivity contribution in [3.8, 4) is 11.6 Å². The summed E-state index contributed by atoms with van der Waals surface area (Å²) >= 11 is 1.38. The predicted octanol–water partition coefficient (Wildman–Crippen LogP) is 5.20. The van der Waals surface area contributed by atoms with Crippen LogP contribution in [0.4, 0.5) is 40.8 Å². The van der Waals surface area contributed by atoms with Crippen LogP contribution in [0.15, 0.2) is 23.4 Å². The van der Waals surface area contributed by atoms with Gasteiger partial charge in [-0.25, -0.2) is 18.7 Å². The zero-order valence-corrected chi connectivity index (χ0v) is 24.6. The first-order valence-corrected chi connectivity index (χ1v) is 13.8. The van der Waals surface area contributed by atoms with E-state index in [1.54, 1.807) is 4.90 Å². The van der Waals surface area contributed by atoms with Gasteiger partial charge in [0.1, 0.15) is 5.69 Å². The number of nitrogens with zero attached hydrogens (tertiary/aromatic N) is 4. The summed E-state index contributed by atoms with van der Waals surface area (Å²) in [7, 11) is 0. The second kappa shape index (κ2) is 14.8. The molecule has 0 saturated carbocycles. The van der Waals surface area contributed by atoms with Crippen molar-refractivity contribution in [1.29, 1.82) is 0 Å². The Hall–Kier alpha value is -3.09. The Bertz CT molecular complexity index is 1360. The maximum absolute atomic E-state index is 13.4. The van der Waals surface area contributed by atoms with Crippen LogP contribution < -0.4 is 14.8 Å². The molecule has 0 radical (unpaired) electrons. The molecule has 1 aliphatic rings. The molecule has 3 heterocycles. The van der Waals surface area contributed by atoms with Crippen LogP contribution in [0.2, 0.25) is 0 Å². The fraction of sp³-hybridized carbons (Fsp3) is 0.480. The molecular weight excluding hydrogens is 652 g/mol. The second-order valence-electron chi connectivity index (χ2n) is 9.59. The molecule has 0 bridgehead atoms. The van der Waals surface area contributed by atoms with E-state index in [1.807, 2.05) is 0 Å². The fourth-order valence-corrected chi connectivity index (χ4v) is 5.02. The number of amides is 1. The van der Waals surface area contributed by atoms with Gasteiger partial charge in [0.15, 0.2) is 35.8 Å². The summed E-state index contributed by atoms with van der Waals surface area (Å²) in [5.41, 5.74) is 0.182. The first-order chi connectivity index (χ1) is 20.1.